The summed E-state index contributed by atoms with van der Waals surface area (Å²) in [5.41, 5.74) is 1.72. The molecule has 132 valence electrons. The van der Waals surface area contributed by atoms with Gasteiger partial charge in [0.2, 0.25) is 0 Å². The van der Waals surface area contributed by atoms with Gasteiger partial charge in [0.05, 0.1) is 11.6 Å². The van der Waals surface area contributed by atoms with Crippen LogP contribution >= 0.6 is 0 Å². The second-order valence-electron chi connectivity index (χ2n) is 7.66. The molecule has 1 aromatic rings. The molecule has 1 saturated heterocycles. The van der Waals surface area contributed by atoms with Gasteiger partial charge in [-0.1, -0.05) is 18.2 Å². The third-order valence-electron chi connectivity index (χ3n) is 5.43. The van der Waals surface area contributed by atoms with Gasteiger partial charge in [0, 0.05) is 38.3 Å². The molecule has 2 unspecified atom stereocenters. The summed E-state index contributed by atoms with van der Waals surface area (Å²) in [6.45, 7) is 5.96. The number of hydrogen-bond donors (Lipinski definition) is 2. The number of likely N-dealkylation sites (tertiary alicyclic amines) is 1. The first kappa shape index (κ1) is 17.1. The maximum Gasteiger partial charge on any atom is 0.317 e. The monoisotopic (exact) mass is 331 g/mol. The number of rotatable bonds is 3. The maximum absolute atomic E-state index is 12.6. The first-order valence-electron chi connectivity index (χ1n) is 8.95. The minimum absolute atomic E-state index is 0.0453. The van der Waals surface area contributed by atoms with Gasteiger partial charge in [-0.25, -0.2) is 4.79 Å². The van der Waals surface area contributed by atoms with E-state index in [1.165, 1.54) is 11.3 Å². The summed E-state index contributed by atoms with van der Waals surface area (Å²) in [7, 11) is 2.12. The number of carbonyl (C=O) groups excluding carboxylic acids is 1. The second kappa shape index (κ2) is 6.63. The molecule has 1 fully saturated rings. The summed E-state index contributed by atoms with van der Waals surface area (Å²) < 4.78 is 0. The Morgan fingerprint density at radius 2 is 2.04 bits per heavy atom. The van der Waals surface area contributed by atoms with Crippen LogP contribution in [0.25, 0.3) is 0 Å². The fourth-order valence-corrected chi connectivity index (χ4v) is 4.07. The van der Waals surface area contributed by atoms with Crippen LogP contribution < -0.4 is 10.2 Å². The molecule has 0 aromatic heterocycles. The minimum atomic E-state index is -0.853. The van der Waals surface area contributed by atoms with E-state index < -0.39 is 5.60 Å². The van der Waals surface area contributed by atoms with Crippen LogP contribution in [0.4, 0.5) is 10.5 Å². The zero-order valence-corrected chi connectivity index (χ0v) is 15.0. The van der Waals surface area contributed by atoms with Crippen LogP contribution in [0.15, 0.2) is 24.3 Å². The lowest BCUT2D eigenvalue weighted by molar-refractivity contribution is 0.00980. The average molecular weight is 331 g/mol. The van der Waals surface area contributed by atoms with Gasteiger partial charge in [-0.05, 0) is 44.7 Å². The summed E-state index contributed by atoms with van der Waals surface area (Å²) in [5, 5.41) is 13.4. The highest BCUT2D eigenvalue weighted by molar-refractivity contribution is 5.75. The Bertz CT molecular complexity index is 597. The van der Waals surface area contributed by atoms with E-state index in [-0.39, 0.29) is 12.1 Å². The maximum atomic E-state index is 12.6. The van der Waals surface area contributed by atoms with Crippen molar-refractivity contribution in [2.45, 2.75) is 50.7 Å². The van der Waals surface area contributed by atoms with Crippen LogP contribution in [0.3, 0.4) is 0 Å². The molecule has 5 heteroatoms. The van der Waals surface area contributed by atoms with Gasteiger partial charge in [0.25, 0.3) is 0 Å². The normalized spacial score (nSPS) is 24.0. The smallest absolute Gasteiger partial charge is 0.317 e. The molecule has 2 atom stereocenters. The van der Waals surface area contributed by atoms with Crippen LogP contribution in [-0.4, -0.2) is 54.4 Å². The lowest BCUT2D eigenvalue weighted by Gasteiger charge is -2.35. The molecule has 24 heavy (non-hydrogen) atoms. The van der Waals surface area contributed by atoms with Gasteiger partial charge < -0.3 is 20.2 Å². The number of urea groups is 1. The van der Waals surface area contributed by atoms with Crippen LogP contribution in [0.1, 0.15) is 44.6 Å². The second-order valence-corrected chi connectivity index (χ2v) is 7.66. The Hall–Kier alpha value is -1.75. The highest BCUT2D eigenvalue weighted by atomic mass is 16.3. The van der Waals surface area contributed by atoms with Crippen LogP contribution in [0, 0.1) is 0 Å². The molecule has 2 aliphatic heterocycles. The zero-order valence-electron chi connectivity index (χ0n) is 15.0. The van der Waals surface area contributed by atoms with E-state index in [0.717, 1.165) is 32.4 Å². The van der Waals surface area contributed by atoms with Crippen LogP contribution in [-0.2, 0) is 0 Å². The van der Waals surface area contributed by atoms with Gasteiger partial charge in [0.15, 0.2) is 0 Å². The van der Waals surface area contributed by atoms with E-state index in [9.17, 15) is 9.90 Å². The fourth-order valence-electron chi connectivity index (χ4n) is 4.07. The Kier molecular flexibility index (Phi) is 4.72. The van der Waals surface area contributed by atoms with Crippen molar-refractivity contribution in [3.05, 3.63) is 29.8 Å². The number of benzene rings is 1. The number of nitrogens with zero attached hydrogens (tertiary/aromatic N) is 2. The molecule has 3 rings (SSSR count). The predicted molar refractivity (Wildman–Crippen MR) is 96.5 cm³/mol. The quantitative estimate of drug-likeness (QED) is 0.895. The number of nitrogens with one attached hydrogen (secondary N) is 1. The van der Waals surface area contributed by atoms with E-state index in [0.29, 0.717) is 12.5 Å². The van der Waals surface area contributed by atoms with Crippen LogP contribution in [0.5, 0.6) is 0 Å². The lowest BCUT2D eigenvalue weighted by Crippen LogP contribution is -2.52. The summed E-state index contributed by atoms with van der Waals surface area (Å²) >= 11 is 0. The first-order chi connectivity index (χ1) is 11.4. The Balaban J connectivity index is 1.64. The van der Waals surface area contributed by atoms with Crippen molar-refractivity contribution in [2.24, 2.45) is 0 Å². The zero-order chi connectivity index (χ0) is 17.3. The molecular formula is C19H29N3O2. The third-order valence-corrected chi connectivity index (χ3v) is 5.43. The average Bonchev–Trinajstić information content (AvgIpc) is 3.04. The van der Waals surface area contributed by atoms with E-state index in [1.807, 2.05) is 0 Å². The topological polar surface area (TPSA) is 55.8 Å². The highest BCUT2D eigenvalue weighted by Crippen LogP contribution is 2.34. The van der Waals surface area contributed by atoms with E-state index in [2.05, 4.69) is 41.5 Å². The molecule has 2 N–H and O–H groups in total. The largest absolute Gasteiger partial charge is 0.388 e. The molecule has 0 radical (unpaired) electrons. The van der Waals surface area contributed by atoms with E-state index in [4.69, 9.17) is 0 Å². The molecule has 5 nitrogen and oxygen atoms in total. The van der Waals surface area contributed by atoms with Crippen LogP contribution in [0.2, 0.25) is 0 Å². The third kappa shape index (κ3) is 3.36. The minimum Gasteiger partial charge on any atom is -0.388 e. The molecule has 2 heterocycles. The molecule has 0 aliphatic carbocycles. The van der Waals surface area contributed by atoms with Crippen molar-refractivity contribution in [1.29, 1.82) is 0 Å². The van der Waals surface area contributed by atoms with Crippen molar-refractivity contribution in [3.8, 4) is 0 Å². The van der Waals surface area contributed by atoms with Gasteiger partial charge in [-0.3, -0.25) is 0 Å². The number of hydrogen-bond acceptors (Lipinski definition) is 3. The summed E-state index contributed by atoms with van der Waals surface area (Å²) in [6, 6.07) is 8.30. The SMILES string of the molecule is CN1CCC(CNC(=O)N2CCCC2C(C)(C)O)c2ccccc21. The lowest BCUT2D eigenvalue weighted by atomic mass is 9.90. The summed E-state index contributed by atoms with van der Waals surface area (Å²) in [6.07, 6.45) is 2.87. The Morgan fingerprint density at radius 3 is 2.79 bits per heavy atom. The van der Waals surface area contributed by atoms with Gasteiger partial charge >= 0.3 is 6.03 Å². The summed E-state index contributed by atoms with van der Waals surface area (Å²) in [4.78, 5) is 16.7. The number of anilines is 1. The number of aliphatic hydroxyl groups is 1. The Labute approximate surface area is 144 Å². The molecule has 0 saturated carbocycles. The predicted octanol–water partition coefficient (Wildman–Crippen LogP) is 2.56. The van der Waals surface area contributed by atoms with E-state index >= 15 is 0 Å². The van der Waals surface area contributed by atoms with Gasteiger partial charge in [0.1, 0.15) is 0 Å². The van der Waals surface area contributed by atoms with Gasteiger partial charge in [-0.15, -0.1) is 0 Å². The first-order valence-corrected chi connectivity index (χ1v) is 8.95. The molecule has 1 aromatic carbocycles. The molecule has 2 amide bonds. The van der Waals surface area contributed by atoms with Crippen molar-refractivity contribution in [2.75, 3.05) is 31.6 Å². The van der Waals surface area contributed by atoms with Crippen molar-refractivity contribution in [3.63, 3.8) is 0 Å². The fraction of sp³-hybridized carbons (Fsp3) is 0.632. The highest BCUT2D eigenvalue weighted by Gasteiger charge is 2.38. The standard InChI is InChI=1S/C19H29N3O2/c1-19(2,24)17-9-6-11-22(17)18(23)20-13-14-10-12-21(3)16-8-5-4-7-15(14)16/h4-5,7-8,14,17,24H,6,9-13H2,1-3H3,(H,20,23). The summed E-state index contributed by atoms with van der Waals surface area (Å²) in [5.74, 6) is 0.351. The number of amides is 2. The van der Waals surface area contributed by atoms with Crippen molar-refractivity contribution >= 4 is 11.7 Å². The van der Waals surface area contributed by atoms with Crippen molar-refractivity contribution < 1.29 is 9.90 Å². The van der Waals surface area contributed by atoms with Crippen molar-refractivity contribution in [1.82, 2.24) is 10.2 Å². The number of para-hydroxylation sites is 1. The number of fused-ring (bicyclic) bond motifs is 1. The molecular weight excluding hydrogens is 302 g/mol. The molecule has 0 bridgehead atoms. The number of carbonyl (C=O) groups is 1. The molecule has 0 spiro atoms. The Morgan fingerprint density at radius 1 is 1.29 bits per heavy atom. The van der Waals surface area contributed by atoms with Gasteiger partial charge in [-0.2, -0.15) is 0 Å². The van der Waals surface area contributed by atoms with E-state index in [1.54, 1.807) is 18.7 Å². The molecule has 2 aliphatic rings.